The maximum absolute atomic E-state index is 11.5. The summed E-state index contributed by atoms with van der Waals surface area (Å²) >= 11 is 0. The third-order valence-corrected chi connectivity index (χ3v) is 4.07. The second kappa shape index (κ2) is 6.37. The smallest absolute Gasteiger partial charge is 0.248 e. The average Bonchev–Trinajstić information content (AvgIpc) is 2.55. The summed E-state index contributed by atoms with van der Waals surface area (Å²) in [6.45, 7) is 5.13. The zero-order chi connectivity index (χ0) is 15.5. The van der Waals surface area contributed by atoms with Gasteiger partial charge in [-0.15, -0.1) is 0 Å². The number of carbonyl (C=O) groups excluding carboxylic acids is 1. The highest BCUT2D eigenvalue weighted by Crippen LogP contribution is 2.15. The third kappa shape index (κ3) is 3.08. The van der Waals surface area contributed by atoms with Crippen LogP contribution in [0.1, 0.15) is 11.5 Å². The molecule has 1 aliphatic heterocycles. The largest absolute Gasteiger partial charge is 0.387 e. The molecule has 3 rings (SSSR count). The van der Waals surface area contributed by atoms with Crippen molar-refractivity contribution >= 4 is 16.8 Å². The van der Waals surface area contributed by atoms with Gasteiger partial charge in [-0.2, -0.15) is 0 Å². The van der Waals surface area contributed by atoms with Gasteiger partial charge in [0.25, 0.3) is 0 Å². The van der Waals surface area contributed by atoms with E-state index in [1.807, 2.05) is 31.2 Å². The number of rotatable bonds is 3. The summed E-state index contributed by atoms with van der Waals surface area (Å²) in [6.07, 6.45) is 0. The molecule has 0 aliphatic carbocycles. The third-order valence-electron chi connectivity index (χ3n) is 4.07. The van der Waals surface area contributed by atoms with Crippen LogP contribution in [0.25, 0.3) is 10.9 Å². The Balaban J connectivity index is 1.68. The molecule has 116 valence electrons. The number of para-hydroxylation sites is 1. The first-order valence-electron chi connectivity index (χ1n) is 7.50. The van der Waals surface area contributed by atoms with Gasteiger partial charge in [0.15, 0.2) is 0 Å². The Morgan fingerprint density at radius 1 is 1.18 bits per heavy atom. The highest BCUT2D eigenvalue weighted by atomic mass is 16.3. The first-order valence-corrected chi connectivity index (χ1v) is 7.50. The molecule has 0 atom stereocenters. The maximum Gasteiger partial charge on any atom is 0.248 e. The second-order valence-electron chi connectivity index (χ2n) is 5.56. The van der Waals surface area contributed by atoms with Gasteiger partial charge in [-0.25, -0.2) is 9.97 Å². The molecule has 0 spiro atoms. The lowest BCUT2D eigenvalue weighted by Crippen LogP contribution is -2.49. The number of hydrogen-bond donors (Lipinski definition) is 1. The van der Waals surface area contributed by atoms with Crippen molar-refractivity contribution < 1.29 is 9.90 Å². The van der Waals surface area contributed by atoms with Crippen LogP contribution in [0.3, 0.4) is 0 Å². The van der Waals surface area contributed by atoms with Gasteiger partial charge in [-0.3, -0.25) is 9.69 Å². The minimum atomic E-state index is -0.410. The summed E-state index contributed by atoms with van der Waals surface area (Å²) < 4.78 is 0. The van der Waals surface area contributed by atoms with E-state index in [1.165, 1.54) is 0 Å². The molecule has 1 aromatic carbocycles. The number of benzene rings is 1. The lowest BCUT2D eigenvalue weighted by Gasteiger charge is -2.34. The van der Waals surface area contributed by atoms with Crippen molar-refractivity contribution in [3.63, 3.8) is 0 Å². The standard InChI is InChI=1S/C16H20N4O2/c1-12-13-4-2-3-5-14(13)18-15(17-12)10-19-6-8-20(9-7-19)16(22)11-21/h2-5,21H,6-11H2,1H3. The van der Waals surface area contributed by atoms with E-state index in [1.54, 1.807) is 4.90 Å². The molecule has 0 bridgehead atoms. The fraction of sp³-hybridized carbons (Fsp3) is 0.438. The van der Waals surface area contributed by atoms with Gasteiger partial charge in [-0.1, -0.05) is 18.2 Å². The van der Waals surface area contributed by atoms with Gasteiger partial charge in [-0.05, 0) is 13.0 Å². The van der Waals surface area contributed by atoms with Crippen LogP contribution in [-0.4, -0.2) is 63.6 Å². The number of aryl methyl sites for hydroxylation is 1. The molecule has 6 nitrogen and oxygen atoms in total. The van der Waals surface area contributed by atoms with Crippen molar-refractivity contribution in [2.75, 3.05) is 32.8 Å². The summed E-state index contributed by atoms with van der Waals surface area (Å²) in [5, 5.41) is 9.98. The van der Waals surface area contributed by atoms with E-state index in [4.69, 9.17) is 5.11 Å². The first-order chi connectivity index (χ1) is 10.7. The fourth-order valence-corrected chi connectivity index (χ4v) is 2.82. The Kier molecular flexibility index (Phi) is 4.31. The fourth-order valence-electron chi connectivity index (χ4n) is 2.82. The summed E-state index contributed by atoms with van der Waals surface area (Å²) in [7, 11) is 0. The van der Waals surface area contributed by atoms with Crippen LogP contribution in [0.4, 0.5) is 0 Å². The van der Waals surface area contributed by atoms with Crippen molar-refractivity contribution in [3.8, 4) is 0 Å². The van der Waals surface area contributed by atoms with Gasteiger partial charge in [0.2, 0.25) is 5.91 Å². The molecule has 0 unspecified atom stereocenters. The van der Waals surface area contributed by atoms with Crippen LogP contribution in [0.5, 0.6) is 0 Å². The molecule has 6 heteroatoms. The lowest BCUT2D eigenvalue weighted by molar-refractivity contribution is -0.136. The molecule has 1 aromatic heterocycles. The van der Waals surface area contributed by atoms with Crippen molar-refractivity contribution in [2.24, 2.45) is 0 Å². The quantitative estimate of drug-likeness (QED) is 0.898. The van der Waals surface area contributed by atoms with Crippen LogP contribution in [-0.2, 0) is 11.3 Å². The van der Waals surface area contributed by atoms with Crippen molar-refractivity contribution in [2.45, 2.75) is 13.5 Å². The zero-order valence-corrected chi connectivity index (χ0v) is 12.7. The van der Waals surface area contributed by atoms with Gasteiger partial charge in [0.05, 0.1) is 12.1 Å². The minimum absolute atomic E-state index is 0.197. The highest BCUT2D eigenvalue weighted by molar-refractivity contribution is 5.80. The van der Waals surface area contributed by atoms with Crippen molar-refractivity contribution in [3.05, 3.63) is 35.8 Å². The van der Waals surface area contributed by atoms with Gasteiger partial charge >= 0.3 is 0 Å². The van der Waals surface area contributed by atoms with E-state index in [-0.39, 0.29) is 5.91 Å². The molecule has 2 aromatic rings. The van der Waals surface area contributed by atoms with Crippen LogP contribution < -0.4 is 0 Å². The molecule has 1 aliphatic rings. The zero-order valence-electron chi connectivity index (χ0n) is 12.7. The first kappa shape index (κ1) is 14.9. The normalized spacial score (nSPS) is 16.2. The number of fused-ring (bicyclic) bond motifs is 1. The molecule has 1 saturated heterocycles. The van der Waals surface area contributed by atoms with E-state index < -0.39 is 6.61 Å². The predicted octanol–water partition coefficient (Wildman–Crippen LogP) is 0.575. The molecular weight excluding hydrogens is 280 g/mol. The number of aromatic nitrogens is 2. The van der Waals surface area contributed by atoms with Crippen LogP contribution in [0, 0.1) is 6.92 Å². The molecule has 1 amide bonds. The Bertz CT molecular complexity index is 681. The number of nitrogens with zero attached hydrogens (tertiary/aromatic N) is 4. The minimum Gasteiger partial charge on any atom is -0.387 e. The number of amides is 1. The Hall–Kier alpha value is -2.05. The second-order valence-corrected chi connectivity index (χ2v) is 5.56. The molecule has 22 heavy (non-hydrogen) atoms. The monoisotopic (exact) mass is 300 g/mol. The van der Waals surface area contributed by atoms with Crippen molar-refractivity contribution in [1.82, 2.24) is 19.8 Å². The van der Waals surface area contributed by atoms with Gasteiger partial charge in [0, 0.05) is 37.3 Å². The number of aliphatic hydroxyl groups is 1. The summed E-state index contributed by atoms with van der Waals surface area (Å²) in [4.78, 5) is 24.6. The summed E-state index contributed by atoms with van der Waals surface area (Å²) in [5.74, 6) is 0.621. The molecule has 0 radical (unpaired) electrons. The van der Waals surface area contributed by atoms with Gasteiger partial charge < -0.3 is 10.0 Å². The number of carbonyl (C=O) groups is 1. The van der Waals surface area contributed by atoms with E-state index in [0.29, 0.717) is 19.6 Å². The maximum atomic E-state index is 11.5. The Labute approximate surface area is 129 Å². The molecule has 0 saturated carbocycles. The Morgan fingerprint density at radius 2 is 1.91 bits per heavy atom. The summed E-state index contributed by atoms with van der Waals surface area (Å²) in [6, 6.07) is 8.02. The highest BCUT2D eigenvalue weighted by Gasteiger charge is 2.21. The summed E-state index contributed by atoms with van der Waals surface area (Å²) in [5.41, 5.74) is 1.97. The molecule has 1 N–H and O–H groups in total. The average molecular weight is 300 g/mol. The van der Waals surface area contributed by atoms with Crippen LogP contribution in [0.15, 0.2) is 24.3 Å². The van der Waals surface area contributed by atoms with E-state index in [9.17, 15) is 4.79 Å². The number of aliphatic hydroxyl groups excluding tert-OH is 1. The predicted molar refractivity (Wildman–Crippen MR) is 83.2 cm³/mol. The lowest BCUT2D eigenvalue weighted by atomic mass is 10.2. The number of piperazine rings is 1. The molecule has 2 heterocycles. The topological polar surface area (TPSA) is 69.6 Å². The molecular formula is C16H20N4O2. The Morgan fingerprint density at radius 3 is 2.64 bits per heavy atom. The van der Waals surface area contributed by atoms with E-state index in [0.717, 1.165) is 35.5 Å². The van der Waals surface area contributed by atoms with Crippen LogP contribution in [0.2, 0.25) is 0 Å². The van der Waals surface area contributed by atoms with Crippen molar-refractivity contribution in [1.29, 1.82) is 0 Å². The number of hydrogen-bond acceptors (Lipinski definition) is 5. The SMILES string of the molecule is Cc1nc(CN2CCN(C(=O)CO)CC2)nc2ccccc12. The van der Waals surface area contributed by atoms with E-state index >= 15 is 0 Å². The van der Waals surface area contributed by atoms with Crippen LogP contribution >= 0.6 is 0 Å². The van der Waals surface area contributed by atoms with E-state index in [2.05, 4.69) is 14.9 Å². The molecule has 1 fully saturated rings. The van der Waals surface area contributed by atoms with Gasteiger partial charge in [0.1, 0.15) is 12.4 Å².